The van der Waals surface area contributed by atoms with E-state index in [4.69, 9.17) is 9.47 Å². The maximum absolute atomic E-state index is 14.0. The van der Waals surface area contributed by atoms with Crippen molar-refractivity contribution in [3.8, 4) is 5.75 Å². The van der Waals surface area contributed by atoms with E-state index in [1.54, 1.807) is 6.07 Å². The number of fused-ring (bicyclic) bond motifs is 3. The third-order valence-corrected chi connectivity index (χ3v) is 7.17. The quantitative estimate of drug-likeness (QED) is 0.427. The van der Waals surface area contributed by atoms with Gasteiger partial charge in [0.15, 0.2) is 0 Å². The van der Waals surface area contributed by atoms with Crippen molar-refractivity contribution in [2.45, 2.75) is 39.2 Å². The van der Waals surface area contributed by atoms with Crippen molar-refractivity contribution in [1.29, 1.82) is 0 Å². The lowest BCUT2D eigenvalue weighted by molar-refractivity contribution is -0.0685. The van der Waals surface area contributed by atoms with Gasteiger partial charge in [0.2, 0.25) is 0 Å². The molecule has 0 saturated carbocycles. The molecule has 6 rings (SSSR count). The van der Waals surface area contributed by atoms with E-state index < -0.39 is 0 Å². The molecule has 0 amide bonds. The highest BCUT2D eigenvalue weighted by Gasteiger charge is 2.23. The van der Waals surface area contributed by atoms with Gasteiger partial charge in [-0.05, 0) is 66.5 Å². The molecule has 37 heavy (non-hydrogen) atoms. The molecule has 0 bridgehead atoms. The Morgan fingerprint density at radius 3 is 2.65 bits per heavy atom. The molecule has 0 radical (unpaired) electrons. The van der Waals surface area contributed by atoms with Gasteiger partial charge in [-0.3, -0.25) is 9.47 Å². The monoisotopic (exact) mass is 499 g/mol. The molecule has 2 aliphatic heterocycles. The topological polar surface area (TPSA) is 59.5 Å². The summed E-state index contributed by atoms with van der Waals surface area (Å²) >= 11 is 0. The molecule has 190 valence electrons. The summed E-state index contributed by atoms with van der Waals surface area (Å²) in [5.74, 6) is 0.195. The maximum Gasteiger partial charge on any atom is 0.326 e. The number of ether oxygens (including phenoxy) is 2. The molecule has 1 N–H and O–H groups in total. The molecule has 2 atom stereocenters. The first-order chi connectivity index (χ1) is 17.9. The molecule has 1 aromatic heterocycles. The molecule has 1 saturated heterocycles. The Morgan fingerprint density at radius 2 is 1.81 bits per heavy atom. The van der Waals surface area contributed by atoms with Crippen LogP contribution in [-0.4, -0.2) is 46.3 Å². The van der Waals surface area contributed by atoms with E-state index in [-0.39, 0.29) is 23.7 Å². The Hall–Kier alpha value is -3.68. The van der Waals surface area contributed by atoms with Gasteiger partial charge in [-0.25, -0.2) is 9.18 Å². The number of hydrogen-bond donors (Lipinski definition) is 1. The lowest BCUT2D eigenvalue weighted by atomic mass is 9.92. The molecule has 0 unspecified atom stereocenters. The number of aromatic nitrogens is 2. The summed E-state index contributed by atoms with van der Waals surface area (Å²) in [6, 6.07) is 18.7. The van der Waals surface area contributed by atoms with Crippen molar-refractivity contribution < 1.29 is 13.9 Å². The number of halogens is 1. The zero-order valence-electron chi connectivity index (χ0n) is 21.0. The molecule has 0 spiro atoms. The van der Waals surface area contributed by atoms with Crippen molar-refractivity contribution in [2.24, 2.45) is 0 Å². The standard InChI is InChI=1S/C30H30FN3O3/c1-19-16-33(17-20(2)37-19)11-12-34-28-10-7-21(14-27(28)32-30(34)35)13-26-24-6-4-3-5-22(24)18-36-29-15-23(31)8-9-25(26)29/h3-10,13-15,19-20H,11-12,16-18H2,1-2H3,(H,32,35)/t19-,20+. The first kappa shape index (κ1) is 23.7. The molecule has 7 heteroatoms. The van der Waals surface area contributed by atoms with Gasteiger partial charge in [-0.1, -0.05) is 30.3 Å². The van der Waals surface area contributed by atoms with Crippen molar-refractivity contribution in [1.82, 2.24) is 14.5 Å². The summed E-state index contributed by atoms with van der Waals surface area (Å²) in [6.07, 6.45) is 2.47. The summed E-state index contributed by atoms with van der Waals surface area (Å²) in [6.45, 7) is 7.70. The van der Waals surface area contributed by atoms with Crippen LogP contribution in [0.3, 0.4) is 0 Å². The number of benzene rings is 3. The van der Waals surface area contributed by atoms with E-state index in [9.17, 15) is 9.18 Å². The van der Waals surface area contributed by atoms with Gasteiger partial charge in [0.25, 0.3) is 0 Å². The second-order valence-electron chi connectivity index (χ2n) is 10.0. The van der Waals surface area contributed by atoms with Crippen LogP contribution in [0, 0.1) is 5.82 Å². The fraction of sp³-hybridized carbons (Fsp3) is 0.300. The second kappa shape index (κ2) is 9.65. The van der Waals surface area contributed by atoms with Gasteiger partial charge in [0, 0.05) is 37.8 Å². The van der Waals surface area contributed by atoms with E-state index in [0.717, 1.165) is 58.5 Å². The van der Waals surface area contributed by atoms with Crippen LogP contribution in [0.2, 0.25) is 0 Å². The third kappa shape index (κ3) is 4.72. The largest absolute Gasteiger partial charge is 0.488 e. The van der Waals surface area contributed by atoms with Crippen molar-refractivity contribution in [3.05, 3.63) is 99.2 Å². The minimum Gasteiger partial charge on any atom is -0.488 e. The number of imidazole rings is 1. The van der Waals surface area contributed by atoms with Crippen LogP contribution < -0.4 is 10.4 Å². The summed E-state index contributed by atoms with van der Waals surface area (Å²) in [5, 5.41) is 0. The van der Waals surface area contributed by atoms with Crippen LogP contribution in [-0.2, 0) is 17.9 Å². The number of morpholine rings is 1. The molecule has 4 aromatic rings. The first-order valence-electron chi connectivity index (χ1n) is 12.8. The molecule has 0 aliphatic carbocycles. The fourth-order valence-electron chi connectivity index (χ4n) is 5.57. The first-order valence-corrected chi connectivity index (χ1v) is 12.8. The van der Waals surface area contributed by atoms with Gasteiger partial charge in [0.1, 0.15) is 18.2 Å². The normalized spacial score (nSPS) is 20.9. The van der Waals surface area contributed by atoms with Gasteiger partial charge in [-0.2, -0.15) is 0 Å². The average Bonchev–Trinajstić information content (AvgIpc) is 3.10. The van der Waals surface area contributed by atoms with Crippen molar-refractivity contribution in [3.63, 3.8) is 0 Å². The predicted octanol–water partition coefficient (Wildman–Crippen LogP) is 5.06. The minimum absolute atomic E-state index is 0.108. The Bertz CT molecular complexity index is 1540. The number of rotatable bonds is 4. The highest BCUT2D eigenvalue weighted by atomic mass is 19.1. The molecule has 1 fully saturated rings. The van der Waals surface area contributed by atoms with Crippen molar-refractivity contribution >= 4 is 22.7 Å². The highest BCUT2D eigenvalue weighted by Crippen LogP contribution is 2.38. The molecular formula is C30H30FN3O3. The maximum atomic E-state index is 14.0. The van der Waals surface area contributed by atoms with Gasteiger partial charge < -0.3 is 14.5 Å². The summed E-state index contributed by atoms with van der Waals surface area (Å²) in [4.78, 5) is 18.2. The van der Waals surface area contributed by atoms with E-state index in [0.29, 0.717) is 18.9 Å². The van der Waals surface area contributed by atoms with E-state index in [1.165, 1.54) is 12.1 Å². The van der Waals surface area contributed by atoms with Gasteiger partial charge in [-0.15, -0.1) is 0 Å². The zero-order chi connectivity index (χ0) is 25.5. The predicted molar refractivity (Wildman–Crippen MR) is 143 cm³/mol. The van der Waals surface area contributed by atoms with Crippen LogP contribution in [0.25, 0.3) is 22.7 Å². The summed E-state index contributed by atoms with van der Waals surface area (Å²) < 4.78 is 27.6. The van der Waals surface area contributed by atoms with Crippen LogP contribution in [0.5, 0.6) is 5.75 Å². The van der Waals surface area contributed by atoms with E-state index >= 15 is 0 Å². The summed E-state index contributed by atoms with van der Waals surface area (Å²) in [7, 11) is 0. The second-order valence-corrected chi connectivity index (χ2v) is 10.0. The van der Waals surface area contributed by atoms with Gasteiger partial charge in [0.05, 0.1) is 23.2 Å². The fourth-order valence-corrected chi connectivity index (χ4v) is 5.57. The third-order valence-electron chi connectivity index (χ3n) is 7.17. The molecule has 3 aromatic carbocycles. The molecule has 2 aliphatic rings. The minimum atomic E-state index is -0.328. The SMILES string of the molecule is C[C@@H]1CN(CCn2c(=O)[nH]c3cc(C=C4c5ccccc5COc5cc(F)ccc54)ccc32)C[C@H](C)O1. The zero-order valence-corrected chi connectivity index (χ0v) is 21.0. The molecule has 6 nitrogen and oxygen atoms in total. The van der Waals surface area contributed by atoms with E-state index in [1.807, 2.05) is 41.0 Å². The Kier molecular flexibility index (Phi) is 6.18. The highest BCUT2D eigenvalue weighted by molar-refractivity contribution is 5.95. The lowest BCUT2D eigenvalue weighted by Gasteiger charge is -2.35. The van der Waals surface area contributed by atoms with Crippen LogP contribution in [0.1, 0.15) is 36.1 Å². The summed E-state index contributed by atoms with van der Waals surface area (Å²) in [5.41, 5.74) is 6.40. The number of nitrogens with zero attached hydrogens (tertiary/aromatic N) is 2. The number of nitrogens with one attached hydrogen (secondary N) is 1. The lowest BCUT2D eigenvalue weighted by Crippen LogP contribution is -2.46. The van der Waals surface area contributed by atoms with Gasteiger partial charge >= 0.3 is 5.69 Å². The molecule has 3 heterocycles. The van der Waals surface area contributed by atoms with Crippen molar-refractivity contribution in [2.75, 3.05) is 19.6 Å². The Balaban J connectivity index is 1.35. The average molecular weight is 500 g/mol. The Labute approximate surface area is 214 Å². The number of hydrogen-bond acceptors (Lipinski definition) is 4. The Morgan fingerprint density at radius 1 is 1.00 bits per heavy atom. The number of aromatic amines is 1. The number of H-pyrrole nitrogens is 1. The van der Waals surface area contributed by atoms with Crippen LogP contribution >= 0.6 is 0 Å². The van der Waals surface area contributed by atoms with Crippen LogP contribution in [0.15, 0.2) is 65.5 Å². The molecular weight excluding hydrogens is 469 g/mol. The van der Waals surface area contributed by atoms with E-state index in [2.05, 4.69) is 35.9 Å². The smallest absolute Gasteiger partial charge is 0.326 e. The van der Waals surface area contributed by atoms with Crippen LogP contribution in [0.4, 0.5) is 4.39 Å².